The van der Waals surface area contributed by atoms with Crippen LogP contribution >= 0.6 is 11.3 Å². The Labute approximate surface area is 103 Å². The second-order valence-corrected chi connectivity index (χ2v) is 7.31. The van der Waals surface area contributed by atoms with Crippen LogP contribution in [0.1, 0.15) is 18.5 Å². The molecule has 0 bridgehead atoms. The summed E-state index contributed by atoms with van der Waals surface area (Å²) < 4.78 is 26.1. The van der Waals surface area contributed by atoms with E-state index < -0.39 is 10.0 Å². The molecule has 1 aliphatic rings. The summed E-state index contributed by atoms with van der Waals surface area (Å²) in [6.07, 6.45) is 1.60. The smallest absolute Gasteiger partial charge is 0.305 e. The summed E-state index contributed by atoms with van der Waals surface area (Å²) in [6.45, 7) is 2.39. The van der Waals surface area contributed by atoms with Crippen LogP contribution in [0.3, 0.4) is 0 Å². The highest BCUT2D eigenvalue weighted by atomic mass is 32.2. The average molecular weight is 277 g/mol. The van der Waals surface area contributed by atoms with Crippen molar-refractivity contribution in [2.24, 2.45) is 5.73 Å². The van der Waals surface area contributed by atoms with Crippen molar-refractivity contribution in [3.63, 3.8) is 0 Å². The monoisotopic (exact) mass is 277 g/mol. The van der Waals surface area contributed by atoms with E-state index in [4.69, 9.17) is 5.73 Å². The van der Waals surface area contributed by atoms with Crippen molar-refractivity contribution in [3.05, 3.63) is 15.4 Å². The lowest BCUT2D eigenvalue weighted by Crippen LogP contribution is -2.45. The van der Waals surface area contributed by atoms with Crippen molar-refractivity contribution < 1.29 is 8.42 Å². The molecule has 1 atom stereocenters. The molecule has 1 fully saturated rings. The molecule has 0 amide bonds. The molecule has 0 saturated carbocycles. The first-order chi connectivity index (χ1) is 7.91. The maximum atomic E-state index is 12.3. The van der Waals surface area contributed by atoms with Gasteiger partial charge in [-0.1, -0.05) is 11.3 Å². The molecular weight excluding hydrogens is 262 g/mol. The van der Waals surface area contributed by atoms with Gasteiger partial charge >= 0.3 is 4.87 Å². The molecule has 6 nitrogen and oxygen atoms in total. The first-order valence-electron chi connectivity index (χ1n) is 5.36. The molecule has 1 saturated heterocycles. The maximum absolute atomic E-state index is 12.3. The van der Waals surface area contributed by atoms with E-state index in [-0.39, 0.29) is 15.1 Å². The number of aromatic nitrogens is 1. The molecule has 1 aromatic rings. The van der Waals surface area contributed by atoms with Crippen LogP contribution in [0.2, 0.25) is 0 Å². The summed E-state index contributed by atoms with van der Waals surface area (Å²) >= 11 is 0.735. The Morgan fingerprint density at radius 2 is 2.24 bits per heavy atom. The fourth-order valence-corrected chi connectivity index (χ4v) is 4.92. The van der Waals surface area contributed by atoms with E-state index in [0.29, 0.717) is 18.8 Å². The van der Waals surface area contributed by atoms with E-state index in [9.17, 15) is 13.2 Å². The second kappa shape index (κ2) is 4.52. The standard InChI is InChI=1S/C9H15N3O3S2/c1-6-8(16-9(13)11-6)17(14,15)12-4-2-3-7(10)5-12/h7H,2-5,10H2,1H3,(H,11,13). The highest BCUT2D eigenvalue weighted by molar-refractivity contribution is 7.91. The zero-order valence-electron chi connectivity index (χ0n) is 9.47. The normalized spacial score (nSPS) is 22.8. The number of thiazole rings is 1. The van der Waals surface area contributed by atoms with Crippen LogP contribution in [0.5, 0.6) is 0 Å². The fourth-order valence-electron chi connectivity index (χ4n) is 1.95. The Morgan fingerprint density at radius 1 is 1.53 bits per heavy atom. The number of nitrogens with one attached hydrogen (secondary N) is 1. The van der Waals surface area contributed by atoms with Gasteiger partial charge in [-0.15, -0.1) is 0 Å². The number of H-pyrrole nitrogens is 1. The third-order valence-electron chi connectivity index (χ3n) is 2.78. The van der Waals surface area contributed by atoms with Gasteiger partial charge in [0, 0.05) is 24.8 Å². The predicted octanol–water partition coefficient (Wildman–Crippen LogP) is -0.143. The molecule has 0 radical (unpaired) electrons. The minimum absolute atomic E-state index is 0.108. The van der Waals surface area contributed by atoms with Crippen LogP contribution in [0.15, 0.2) is 9.00 Å². The number of piperidine rings is 1. The van der Waals surface area contributed by atoms with E-state index >= 15 is 0 Å². The lowest BCUT2D eigenvalue weighted by Gasteiger charge is -2.29. The van der Waals surface area contributed by atoms with Gasteiger partial charge in [-0.2, -0.15) is 4.31 Å². The third-order valence-corrected chi connectivity index (χ3v) is 6.22. The summed E-state index contributed by atoms with van der Waals surface area (Å²) in [7, 11) is -3.56. The number of sulfonamides is 1. The van der Waals surface area contributed by atoms with Gasteiger partial charge in [0.2, 0.25) is 0 Å². The lowest BCUT2D eigenvalue weighted by atomic mass is 10.1. The van der Waals surface area contributed by atoms with Crippen molar-refractivity contribution in [2.45, 2.75) is 30.0 Å². The minimum atomic E-state index is -3.56. The average Bonchev–Trinajstić information content (AvgIpc) is 2.58. The number of nitrogens with two attached hydrogens (primary N) is 1. The number of rotatable bonds is 2. The van der Waals surface area contributed by atoms with E-state index in [1.54, 1.807) is 6.92 Å². The molecule has 3 N–H and O–H groups in total. The van der Waals surface area contributed by atoms with Gasteiger partial charge < -0.3 is 10.7 Å². The molecule has 1 aliphatic heterocycles. The largest absolute Gasteiger partial charge is 0.327 e. The molecule has 1 aromatic heterocycles. The Balaban J connectivity index is 2.36. The van der Waals surface area contributed by atoms with Gasteiger partial charge in [-0.3, -0.25) is 4.79 Å². The van der Waals surface area contributed by atoms with Gasteiger partial charge in [0.05, 0.1) is 0 Å². The topological polar surface area (TPSA) is 96.3 Å². The third kappa shape index (κ3) is 2.44. The van der Waals surface area contributed by atoms with Crippen molar-refractivity contribution >= 4 is 21.4 Å². The molecule has 2 heterocycles. The highest BCUT2D eigenvalue weighted by Crippen LogP contribution is 2.23. The van der Waals surface area contributed by atoms with E-state index in [0.717, 1.165) is 24.2 Å². The number of nitrogens with zero attached hydrogens (tertiary/aromatic N) is 1. The summed E-state index contributed by atoms with van der Waals surface area (Å²) in [5, 5.41) is 0. The van der Waals surface area contributed by atoms with Gasteiger partial charge in [0.25, 0.3) is 10.0 Å². The maximum Gasteiger partial charge on any atom is 0.305 e. The van der Waals surface area contributed by atoms with Crippen LogP contribution in [-0.2, 0) is 10.0 Å². The summed E-state index contributed by atoms with van der Waals surface area (Å²) in [6, 6.07) is -0.116. The Morgan fingerprint density at radius 3 is 2.76 bits per heavy atom. The number of hydrogen-bond donors (Lipinski definition) is 2. The van der Waals surface area contributed by atoms with Crippen molar-refractivity contribution in [3.8, 4) is 0 Å². The molecule has 96 valence electrons. The first-order valence-corrected chi connectivity index (χ1v) is 7.62. The quantitative estimate of drug-likeness (QED) is 0.786. The summed E-state index contributed by atoms with van der Waals surface area (Å²) in [5.74, 6) is 0. The molecule has 0 aromatic carbocycles. The predicted molar refractivity (Wildman–Crippen MR) is 65.6 cm³/mol. The molecule has 2 rings (SSSR count). The molecule has 8 heteroatoms. The van der Waals surface area contributed by atoms with Crippen LogP contribution < -0.4 is 10.6 Å². The van der Waals surface area contributed by atoms with Gasteiger partial charge in [0.15, 0.2) is 4.21 Å². The van der Waals surface area contributed by atoms with E-state index in [1.807, 2.05) is 0 Å². The molecule has 0 spiro atoms. The number of hydrogen-bond acceptors (Lipinski definition) is 5. The van der Waals surface area contributed by atoms with E-state index in [2.05, 4.69) is 4.98 Å². The zero-order chi connectivity index (χ0) is 12.6. The van der Waals surface area contributed by atoms with Gasteiger partial charge in [-0.05, 0) is 19.8 Å². The minimum Gasteiger partial charge on any atom is -0.327 e. The van der Waals surface area contributed by atoms with Crippen LogP contribution in [0, 0.1) is 6.92 Å². The van der Waals surface area contributed by atoms with Crippen LogP contribution in [0.4, 0.5) is 0 Å². The van der Waals surface area contributed by atoms with Crippen molar-refractivity contribution in [2.75, 3.05) is 13.1 Å². The molecule has 0 aliphatic carbocycles. The lowest BCUT2D eigenvalue weighted by molar-refractivity contribution is 0.316. The van der Waals surface area contributed by atoms with Crippen molar-refractivity contribution in [1.29, 1.82) is 0 Å². The van der Waals surface area contributed by atoms with Gasteiger partial charge in [0.1, 0.15) is 0 Å². The fraction of sp³-hybridized carbons (Fsp3) is 0.667. The number of aryl methyl sites for hydroxylation is 1. The zero-order valence-corrected chi connectivity index (χ0v) is 11.1. The molecule has 17 heavy (non-hydrogen) atoms. The molecule has 1 unspecified atom stereocenters. The first kappa shape index (κ1) is 12.7. The Bertz CT molecular complexity index is 560. The van der Waals surface area contributed by atoms with Crippen LogP contribution in [-0.4, -0.2) is 36.8 Å². The summed E-state index contributed by atoms with van der Waals surface area (Å²) in [4.78, 5) is 13.3. The Hall–Kier alpha value is -0.700. The summed E-state index contributed by atoms with van der Waals surface area (Å²) in [5.41, 5.74) is 6.17. The van der Waals surface area contributed by atoms with Gasteiger partial charge in [-0.25, -0.2) is 8.42 Å². The van der Waals surface area contributed by atoms with E-state index in [1.165, 1.54) is 4.31 Å². The Kier molecular flexibility index (Phi) is 3.39. The van der Waals surface area contributed by atoms with Crippen LogP contribution in [0.25, 0.3) is 0 Å². The highest BCUT2D eigenvalue weighted by Gasteiger charge is 2.31. The SMILES string of the molecule is Cc1[nH]c(=O)sc1S(=O)(=O)N1CCCC(N)C1. The number of aromatic amines is 1. The second-order valence-electron chi connectivity index (χ2n) is 4.19. The molecular formula is C9H15N3O3S2. The van der Waals surface area contributed by atoms with Crippen molar-refractivity contribution in [1.82, 2.24) is 9.29 Å².